The fourth-order valence-electron chi connectivity index (χ4n) is 4.18. The molecule has 0 aromatic heterocycles. The molecule has 230 valence electrons. The lowest BCUT2D eigenvalue weighted by atomic mass is 10.1. The van der Waals surface area contributed by atoms with Crippen LogP contribution in [-0.2, 0) is 14.3 Å². The van der Waals surface area contributed by atoms with Crippen LogP contribution in [0.4, 0.5) is 0 Å². The molecule has 0 aromatic rings. The second-order valence-corrected chi connectivity index (χ2v) is 10.5. The number of unbranched alkanes of at least 4 members (excludes halogenated alkanes) is 11. The number of hydrogen-bond donors (Lipinski definition) is 1. The van der Waals surface area contributed by atoms with Gasteiger partial charge in [-0.1, -0.05) is 132 Å². The van der Waals surface area contributed by atoms with E-state index >= 15 is 0 Å². The Bertz CT molecular complexity index is 674. The van der Waals surface area contributed by atoms with Crippen molar-refractivity contribution in [2.75, 3.05) is 19.8 Å². The minimum absolute atomic E-state index is 0.182. The lowest BCUT2D eigenvalue weighted by Crippen LogP contribution is -2.27. The van der Waals surface area contributed by atoms with E-state index in [0.29, 0.717) is 13.0 Å². The highest BCUT2D eigenvalue weighted by molar-refractivity contribution is 5.69. The highest BCUT2D eigenvalue weighted by Crippen LogP contribution is 2.10. The van der Waals surface area contributed by atoms with Crippen LogP contribution < -0.4 is 0 Å². The molecule has 0 spiro atoms. The van der Waals surface area contributed by atoms with Gasteiger partial charge in [0.25, 0.3) is 0 Å². The monoisotopic (exact) mass is 558 g/mol. The van der Waals surface area contributed by atoms with E-state index in [2.05, 4.69) is 74.6 Å². The van der Waals surface area contributed by atoms with Gasteiger partial charge in [-0.15, -0.1) is 0 Å². The zero-order valence-electron chi connectivity index (χ0n) is 26.1. The van der Waals surface area contributed by atoms with E-state index in [-0.39, 0.29) is 19.2 Å². The van der Waals surface area contributed by atoms with Crippen molar-refractivity contribution in [3.8, 4) is 0 Å². The number of carbonyl (C=O) groups is 1. The number of hydrogen-bond acceptors (Lipinski definition) is 4. The van der Waals surface area contributed by atoms with Gasteiger partial charge in [0.1, 0.15) is 6.10 Å². The van der Waals surface area contributed by atoms with E-state index in [1.165, 1.54) is 51.4 Å². The molecule has 40 heavy (non-hydrogen) atoms. The van der Waals surface area contributed by atoms with Crippen LogP contribution >= 0.6 is 0 Å². The molecule has 0 saturated carbocycles. The standard InChI is InChI=1S/C36H62O4/c1-3-5-7-9-11-12-13-14-15-16-17-18-19-20-21-22-23-24-25-27-29-31-36(38)40-35(33-37)34-39-32-30-28-26-10-8-6-4-2/h5,7,11-12,14-15,17-18,20-21,35,37H,3-4,6,8-10,13,16,19,22-34H2,1-2H3/b7-5-,12-11-,15-14-,18-17-,21-20-. The lowest BCUT2D eigenvalue weighted by Gasteiger charge is -2.15. The molecular formula is C36H62O4. The van der Waals surface area contributed by atoms with Crippen LogP contribution in [0.25, 0.3) is 0 Å². The third kappa shape index (κ3) is 30.6. The number of aliphatic hydroxyl groups excluding tert-OH is 1. The molecule has 4 heteroatoms. The van der Waals surface area contributed by atoms with E-state index in [1.807, 2.05) is 0 Å². The van der Waals surface area contributed by atoms with Crippen molar-refractivity contribution in [3.05, 3.63) is 60.8 Å². The summed E-state index contributed by atoms with van der Waals surface area (Å²) in [5.41, 5.74) is 0. The van der Waals surface area contributed by atoms with Crippen LogP contribution in [0.1, 0.15) is 136 Å². The molecule has 4 nitrogen and oxygen atoms in total. The molecule has 1 N–H and O–H groups in total. The first-order chi connectivity index (χ1) is 19.7. The molecule has 0 saturated heterocycles. The van der Waals surface area contributed by atoms with E-state index in [4.69, 9.17) is 9.47 Å². The van der Waals surface area contributed by atoms with Gasteiger partial charge in [-0.3, -0.25) is 4.79 Å². The summed E-state index contributed by atoms with van der Waals surface area (Å²) in [6.45, 7) is 5.16. The highest BCUT2D eigenvalue weighted by Gasteiger charge is 2.13. The van der Waals surface area contributed by atoms with Crippen LogP contribution in [0.2, 0.25) is 0 Å². The van der Waals surface area contributed by atoms with Crippen LogP contribution in [0.3, 0.4) is 0 Å². The summed E-state index contributed by atoms with van der Waals surface area (Å²) in [4.78, 5) is 12.1. The smallest absolute Gasteiger partial charge is 0.306 e. The summed E-state index contributed by atoms with van der Waals surface area (Å²) in [5.74, 6) is -0.225. The summed E-state index contributed by atoms with van der Waals surface area (Å²) < 4.78 is 11.0. The van der Waals surface area contributed by atoms with Crippen LogP contribution in [0, 0.1) is 0 Å². The predicted molar refractivity (Wildman–Crippen MR) is 173 cm³/mol. The first kappa shape index (κ1) is 38.1. The van der Waals surface area contributed by atoms with Crippen molar-refractivity contribution in [3.63, 3.8) is 0 Å². The van der Waals surface area contributed by atoms with Gasteiger partial charge in [-0.25, -0.2) is 0 Å². The number of rotatable bonds is 29. The van der Waals surface area contributed by atoms with Crippen LogP contribution in [0.5, 0.6) is 0 Å². The average Bonchev–Trinajstić information content (AvgIpc) is 2.96. The largest absolute Gasteiger partial charge is 0.457 e. The maximum absolute atomic E-state index is 12.1. The molecular weight excluding hydrogens is 496 g/mol. The molecule has 0 aliphatic carbocycles. The Morgan fingerprint density at radius 2 is 1.12 bits per heavy atom. The van der Waals surface area contributed by atoms with Gasteiger partial charge in [0.05, 0.1) is 13.2 Å². The molecule has 0 heterocycles. The lowest BCUT2D eigenvalue weighted by molar-refractivity contribution is -0.154. The van der Waals surface area contributed by atoms with Crippen molar-refractivity contribution < 1.29 is 19.4 Å². The van der Waals surface area contributed by atoms with Gasteiger partial charge in [-0.2, -0.15) is 0 Å². The maximum atomic E-state index is 12.1. The van der Waals surface area contributed by atoms with Gasteiger partial charge in [-0.05, 0) is 57.8 Å². The first-order valence-electron chi connectivity index (χ1n) is 16.4. The quantitative estimate of drug-likeness (QED) is 0.0564. The number of allylic oxidation sites excluding steroid dienone is 10. The second kappa shape index (κ2) is 33.3. The summed E-state index contributed by atoms with van der Waals surface area (Å²) in [5, 5.41) is 9.47. The third-order valence-corrected chi connectivity index (χ3v) is 6.61. The topological polar surface area (TPSA) is 55.8 Å². The number of ether oxygens (including phenoxy) is 2. The van der Waals surface area contributed by atoms with Crippen molar-refractivity contribution >= 4 is 5.97 Å². The zero-order valence-corrected chi connectivity index (χ0v) is 26.1. The van der Waals surface area contributed by atoms with Crippen molar-refractivity contribution in [2.45, 2.75) is 142 Å². The molecule has 0 bridgehead atoms. The highest BCUT2D eigenvalue weighted by atomic mass is 16.6. The van der Waals surface area contributed by atoms with Crippen molar-refractivity contribution in [2.24, 2.45) is 0 Å². The first-order valence-corrected chi connectivity index (χ1v) is 16.4. The van der Waals surface area contributed by atoms with E-state index in [9.17, 15) is 9.90 Å². The molecule has 0 aromatic carbocycles. The van der Waals surface area contributed by atoms with Crippen molar-refractivity contribution in [1.82, 2.24) is 0 Å². The fraction of sp³-hybridized carbons (Fsp3) is 0.694. The van der Waals surface area contributed by atoms with Gasteiger partial charge in [0, 0.05) is 13.0 Å². The Kier molecular flexibility index (Phi) is 31.7. The summed E-state index contributed by atoms with van der Waals surface area (Å²) >= 11 is 0. The molecule has 0 amide bonds. The second-order valence-electron chi connectivity index (χ2n) is 10.5. The van der Waals surface area contributed by atoms with Crippen LogP contribution in [-0.4, -0.2) is 37.0 Å². The normalized spacial score (nSPS) is 13.2. The predicted octanol–water partition coefficient (Wildman–Crippen LogP) is 10.1. The fourth-order valence-corrected chi connectivity index (χ4v) is 4.18. The molecule has 1 atom stereocenters. The number of carbonyl (C=O) groups excluding carboxylic acids is 1. The molecule has 0 rings (SSSR count). The third-order valence-electron chi connectivity index (χ3n) is 6.61. The Hall–Kier alpha value is -1.91. The molecule has 0 aliphatic rings. The summed E-state index contributed by atoms with van der Waals surface area (Å²) in [7, 11) is 0. The Labute approximate surface area is 247 Å². The molecule has 1 unspecified atom stereocenters. The van der Waals surface area contributed by atoms with E-state index in [0.717, 1.165) is 64.2 Å². The zero-order chi connectivity index (χ0) is 29.2. The number of esters is 1. The van der Waals surface area contributed by atoms with Gasteiger partial charge in [0.2, 0.25) is 0 Å². The van der Waals surface area contributed by atoms with Gasteiger partial charge in [0.15, 0.2) is 0 Å². The number of aliphatic hydroxyl groups is 1. The minimum Gasteiger partial charge on any atom is -0.457 e. The van der Waals surface area contributed by atoms with Crippen LogP contribution in [0.15, 0.2) is 60.8 Å². The SMILES string of the molecule is CC/C=C\C/C=C\C/C=C\C/C=C\C/C=C\CCCCCCCC(=O)OC(CO)COCCCCCCCCC. The Balaban J connectivity index is 3.55. The molecule has 0 fully saturated rings. The molecule has 0 radical (unpaired) electrons. The van der Waals surface area contributed by atoms with Crippen molar-refractivity contribution in [1.29, 1.82) is 0 Å². The Morgan fingerprint density at radius 1 is 0.625 bits per heavy atom. The van der Waals surface area contributed by atoms with E-state index in [1.54, 1.807) is 0 Å². The Morgan fingerprint density at radius 3 is 1.70 bits per heavy atom. The van der Waals surface area contributed by atoms with Gasteiger partial charge < -0.3 is 14.6 Å². The summed E-state index contributed by atoms with van der Waals surface area (Å²) in [6, 6.07) is 0. The van der Waals surface area contributed by atoms with Gasteiger partial charge >= 0.3 is 5.97 Å². The summed E-state index contributed by atoms with van der Waals surface area (Å²) in [6.07, 6.45) is 42.5. The minimum atomic E-state index is -0.541. The van der Waals surface area contributed by atoms with E-state index < -0.39 is 6.10 Å². The maximum Gasteiger partial charge on any atom is 0.306 e. The average molecular weight is 559 g/mol. The molecule has 0 aliphatic heterocycles.